The highest BCUT2D eigenvalue weighted by Crippen LogP contribution is 2.24. The molecule has 0 atom stereocenters. The Morgan fingerprint density at radius 2 is 1.90 bits per heavy atom. The molecule has 0 aliphatic carbocycles. The normalized spacial score (nSPS) is 11.1. The monoisotopic (exact) mass is 275 g/mol. The van der Waals surface area contributed by atoms with Crippen LogP contribution in [0.15, 0.2) is 54.9 Å². The Labute approximate surface area is 121 Å². The summed E-state index contributed by atoms with van der Waals surface area (Å²) in [4.78, 5) is 12.6. The van der Waals surface area contributed by atoms with E-state index in [2.05, 4.69) is 15.1 Å². The highest BCUT2D eigenvalue weighted by atomic mass is 15.3. The van der Waals surface area contributed by atoms with Crippen LogP contribution < -0.4 is 0 Å². The number of aryl methyl sites for hydroxylation is 1. The van der Waals surface area contributed by atoms with Crippen LogP contribution in [-0.2, 0) is 0 Å². The minimum absolute atomic E-state index is 0.690. The van der Waals surface area contributed by atoms with Gasteiger partial charge in [-0.25, -0.2) is 14.6 Å². The van der Waals surface area contributed by atoms with Crippen molar-refractivity contribution >= 4 is 11.0 Å². The molecule has 0 saturated carbocycles. The summed E-state index contributed by atoms with van der Waals surface area (Å²) in [5, 5.41) is 5.26. The summed E-state index contributed by atoms with van der Waals surface area (Å²) in [6.45, 7) is 2.01. The van der Waals surface area contributed by atoms with Crippen molar-refractivity contribution in [3.8, 4) is 17.2 Å². The summed E-state index contributed by atoms with van der Waals surface area (Å²) in [5.74, 6) is 1.48. The summed E-state index contributed by atoms with van der Waals surface area (Å²) in [5.41, 5.74) is 2.87. The van der Waals surface area contributed by atoms with Gasteiger partial charge in [0.25, 0.3) is 0 Å². The van der Waals surface area contributed by atoms with Crippen LogP contribution >= 0.6 is 0 Å². The Bertz CT molecular complexity index is 891. The van der Waals surface area contributed by atoms with Crippen LogP contribution in [0.1, 0.15) is 5.69 Å². The van der Waals surface area contributed by atoms with Crippen molar-refractivity contribution in [3.05, 3.63) is 60.6 Å². The molecule has 0 unspecified atom stereocenters. The van der Waals surface area contributed by atoms with E-state index in [0.717, 1.165) is 28.1 Å². The van der Waals surface area contributed by atoms with Gasteiger partial charge in [0.05, 0.1) is 5.39 Å². The van der Waals surface area contributed by atoms with Gasteiger partial charge in [0.2, 0.25) is 0 Å². The number of rotatable bonds is 2. The van der Waals surface area contributed by atoms with Gasteiger partial charge < -0.3 is 4.98 Å². The Hall–Kier alpha value is -2.95. The first-order chi connectivity index (χ1) is 10.3. The predicted molar refractivity (Wildman–Crippen MR) is 81.2 cm³/mol. The number of nitrogens with one attached hydrogen (secondary N) is 1. The van der Waals surface area contributed by atoms with Crippen molar-refractivity contribution in [2.24, 2.45) is 0 Å². The van der Waals surface area contributed by atoms with Gasteiger partial charge in [-0.05, 0) is 19.1 Å². The average Bonchev–Trinajstić information content (AvgIpc) is 3.15. The Morgan fingerprint density at radius 3 is 2.67 bits per heavy atom. The first-order valence-corrected chi connectivity index (χ1v) is 6.74. The number of aromatic amines is 1. The van der Waals surface area contributed by atoms with Crippen LogP contribution in [0.5, 0.6) is 0 Å². The van der Waals surface area contributed by atoms with Gasteiger partial charge >= 0.3 is 0 Å². The lowest BCUT2D eigenvalue weighted by Gasteiger charge is -2.06. The molecule has 102 valence electrons. The van der Waals surface area contributed by atoms with Gasteiger partial charge in [-0.15, -0.1) is 0 Å². The lowest BCUT2D eigenvalue weighted by atomic mass is 10.2. The second-order valence-electron chi connectivity index (χ2n) is 4.90. The van der Waals surface area contributed by atoms with E-state index in [-0.39, 0.29) is 0 Å². The van der Waals surface area contributed by atoms with Crippen molar-refractivity contribution in [2.45, 2.75) is 6.92 Å². The van der Waals surface area contributed by atoms with Crippen LogP contribution in [0, 0.1) is 6.92 Å². The third-order valence-electron chi connectivity index (χ3n) is 3.36. The maximum atomic E-state index is 4.70. The van der Waals surface area contributed by atoms with Crippen molar-refractivity contribution in [1.29, 1.82) is 0 Å². The van der Waals surface area contributed by atoms with Gasteiger partial charge in [-0.3, -0.25) is 0 Å². The van der Waals surface area contributed by atoms with Gasteiger partial charge in [0, 0.05) is 23.7 Å². The van der Waals surface area contributed by atoms with Crippen molar-refractivity contribution in [3.63, 3.8) is 0 Å². The summed E-state index contributed by atoms with van der Waals surface area (Å²) in [6.07, 6.45) is 3.63. The molecule has 0 aliphatic rings. The van der Waals surface area contributed by atoms with E-state index < -0.39 is 0 Å². The van der Waals surface area contributed by atoms with Crippen LogP contribution in [0.4, 0.5) is 0 Å². The molecule has 5 nitrogen and oxygen atoms in total. The standard InChI is InChI=1S/C16H13N5/c1-11-10-13-15(18-11)19-14(12-6-3-2-4-7-12)20-16(13)21-9-5-8-17-21/h2-10H,1H3,(H,18,19,20). The fourth-order valence-corrected chi connectivity index (χ4v) is 2.41. The first-order valence-electron chi connectivity index (χ1n) is 6.74. The number of fused-ring (bicyclic) bond motifs is 1. The second kappa shape index (κ2) is 4.56. The molecular weight excluding hydrogens is 262 g/mol. The molecule has 4 aromatic rings. The predicted octanol–water partition coefficient (Wildman–Crippen LogP) is 3.12. The molecule has 1 N–H and O–H groups in total. The highest BCUT2D eigenvalue weighted by molar-refractivity contribution is 5.85. The number of aromatic nitrogens is 5. The summed E-state index contributed by atoms with van der Waals surface area (Å²) >= 11 is 0. The minimum Gasteiger partial charge on any atom is -0.343 e. The Kier molecular flexibility index (Phi) is 2.57. The first kappa shape index (κ1) is 11.8. The lowest BCUT2D eigenvalue weighted by Crippen LogP contribution is -2.02. The number of nitrogens with zero attached hydrogens (tertiary/aromatic N) is 4. The smallest absolute Gasteiger partial charge is 0.166 e. The molecule has 0 amide bonds. The molecule has 0 aliphatic heterocycles. The van der Waals surface area contributed by atoms with Gasteiger partial charge in [-0.2, -0.15) is 5.10 Å². The fraction of sp³-hybridized carbons (Fsp3) is 0.0625. The summed E-state index contributed by atoms with van der Waals surface area (Å²) < 4.78 is 1.77. The zero-order valence-electron chi connectivity index (χ0n) is 11.5. The second-order valence-corrected chi connectivity index (χ2v) is 4.90. The largest absolute Gasteiger partial charge is 0.343 e. The van der Waals surface area contributed by atoms with E-state index in [0.29, 0.717) is 5.82 Å². The topological polar surface area (TPSA) is 59.4 Å². The molecule has 0 fully saturated rings. The van der Waals surface area contributed by atoms with E-state index in [4.69, 9.17) is 4.98 Å². The molecule has 5 heteroatoms. The molecule has 0 saturated heterocycles. The third-order valence-corrected chi connectivity index (χ3v) is 3.36. The number of H-pyrrole nitrogens is 1. The van der Waals surface area contributed by atoms with E-state index >= 15 is 0 Å². The Balaban J connectivity index is 2.02. The molecule has 21 heavy (non-hydrogen) atoms. The number of hydrogen-bond acceptors (Lipinski definition) is 3. The van der Waals surface area contributed by atoms with Crippen molar-refractivity contribution < 1.29 is 0 Å². The molecule has 0 radical (unpaired) electrons. The zero-order chi connectivity index (χ0) is 14.2. The van der Waals surface area contributed by atoms with Crippen LogP contribution in [0.3, 0.4) is 0 Å². The van der Waals surface area contributed by atoms with Crippen LogP contribution in [0.2, 0.25) is 0 Å². The van der Waals surface area contributed by atoms with Crippen molar-refractivity contribution in [2.75, 3.05) is 0 Å². The maximum absolute atomic E-state index is 4.70. The lowest BCUT2D eigenvalue weighted by molar-refractivity contribution is 0.853. The molecule has 1 aromatic carbocycles. The number of hydrogen-bond donors (Lipinski definition) is 1. The molecule has 3 aromatic heterocycles. The van der Waals surface area contributed by atoms with E-state index in [1.54, 1.807) is 10.9 Å². The fourth-order valence-electron chi connectivity index (χ4n) is 2.41. The van der Waals surface area contributed by atoms with E-state index in [1.807, 2.05) is 55.6 Å². The van der Waals surface area contributed by atoms with Crippen molar-refractivity contribution in [1.82, 2.24) is 24.7 Å². The molecule has 3 heterocycles. The summed E-state index contributed by atoms with van der Waals surface area (Å²) in [7, 11) is 0. The van der Waals surface area contributed by atoms with E-state index in [1.165, 1.54) is 0 Å². The highest BCUT2D eigenvalue weighted by Gasteiger charge is 2.12. The minimum atomic E-state index is 0.690. The quantitative estimate of drug-likeness (QED) is 0.611. The van der Waals surface area contributed by atoms with Gasteiger partial charge in [0.15, 0.2) is 11.6 Å². The maximum Gasteiger partial charge on any atom is 0.166 e. The third kappa shape index (κ3) is 1.99. The van der Waals surface area contributed by atoms with Gasteiger partial charge in [0.1, 0.15) is 5.65 Å². The molecule has 0 bridgehead atoms. The Morgan fingerprint density at radius 1 is 1.05 bits per heavy atom. The molecule has 4 rings (SSSR count). The SMILES string of the molecule is Cc1cc2c(-n3cccn3)nc(-c3ccccc3)nc2[nH]1. The summed E-state index contributed by atoms with van der Waals surface area (Å²) in [6, 6.07) is 13.9. The average molecular weight is 275 g/mol. The molecular formula is C16H13N5. The zero-order valence-corrected chi connectivity index (χ0v) is 11.5. The molecule has 0 spiro atoms. The number of benzene rings is 1. The van der Waals surface area contributed by atoms with Crippen LogP contribution in [-0.4, -0.2) is 24.7 Å². The van der Waals surface area contributed by atoms with E-state index in [9.17, 15) is 0 Å². The van der Waals surface area contributed by atoms with Gasteiger partial charge in [-0.1, -0.05) is 30.3 Å². The van der Waals surface area contributed by atoms with Crippen LogP contribution in [0.25, 0.3) is 28.2 Å².